The summed E-state index contributed by atoms with van der Waals surface area (Å²) in [5.41, 5.74) is -0.719. The number of hydrogen-bond donors (Lipinski definition) is 1. The van der Waals surface area contributed by atoms with Crippen LogP contribution in [0, 0.1) is 6.07 Å². The Morgan fingerprint density at radius 3 is 2.70 bits per heavy atom. The summed E-state index contributed by atoms with van der Waals surface area (Å²) in [7, 11) is 0. The minimum atomic E-state index is -2.55. The summed E-state index contributed by atoms with van der Waals surface area (Å²) in [6.45, 7) is 0. The molecule has 0 aromatic carbocycles. The number of nitrogens with one attached hydrogen (secondary N) is 1. The molecule has 0 bridgehead atoms. The van der Waals surface area contributed by atoms with E-state index in [1.165, 1.54) is 0 Å². The van der Waals surface area contributed by atoms with Gasteiger partial charge in [0.1, 0.15) is 0 Å². The van der Waals surface area contributed by atoms with E-state index in [-0.39, 0.29) is 5.56 Å². The van der Waals surface area contributed by atoms with E-state index in [4.69, 9.17) is 0 Å². The molecule has 53 valence electrons. The predicted octanol–water partition coefficient (Wildman–Crippen LogP) is 1.11. The highest BCUT2D eigenvalue weighted by Crippen LogP contribution is 2.14. The number of rotatable bonds is 1. The van der Waals surface area contributed by atoms with Gasteiger partial charge in [-0.2, -0.15) is 0 Å². The Morgan fingerprint density at radius 2 is 2.30 bits per heavy atom. The molecule has 1 aromatic rings. The van der Waals surface area contributed by atoms with E-state index in [2.05, 4.69) is 11.1 Å². The van der Waals surface area contributed by atoms with E-state index in [1.807, 2.05) is 0 Å². The summed E-state index contributed by atoms with van der Waals surface area (Å²) < 4.78 is 23.5. The zero-order valence-electron chi connectivity index (χ0n) is 4.90. The van der Waals surface area contributed by atoms with Crippen molar-refractivity contribution in [2.24, 2.45) is 0 Å². The van der Waals surface area contributed by atoms with Gasteiger partial charge < -0.3 is 4.98 Å². The van der Waals surface area contributed by atoms with Crippen LogP contribution in [0.3, 0.4) is 0 Å². The van der Waals surface area contributed by atoms with Gasteiger partial charge >= 0.3 is 0 Å². The lowest BCUT2D eigenvalue weighted by atomic mass is 10.3. The first kappa shape index (κ1) is 6.92. The van der Waals surface area contributed by atoms with Crippen molar-refractivity contribution >= 4 is 0 Å². The second kappa shape index (κ2) is 2.60. The summed E-state index contributed by atoms with van der Waals surface area (Å²) in [6.07, 6.45) is -1.57. The van der Waals surface area contributed by atoms with E-state index in [9.17, 15) is 13.6 Å². The van der Waals surface area contributed by atoms with E-state index in [1.54, 1.807) is 0 Å². The number of aromatic nitrogens is 1. The molecule has 0 aliphatic rings. The lowest BCUT2D eigenvalue weighted by Gasteiger charge is -1.94. The average Bonchev–Trinajstić information content (AvgIpc) is 1.88. The van der Waals surface area contributed by atoms with Crippen LogP contribution in [0.1, 0.15) is 12.0 Å². The first-order valence-electron chi connectivity index (χ1n) is 2.58. The topological polar surface area (TPSA) is 32.9 Å². The van der Waals surface area contributed by atoms with Gasteiger partial charge in [-0.15, -0.1) is 0 Å². The monoisotopic (exact) mass is 144 g/mol. The van der Waals surface area contributed by atoms with Crippen molar-refractivity contribution in [3.63, 3.8) is 0 Å². The third-order valence-corrected chi connectivity index (χ3v) is 0.992. The first-order valence-corrected chi connectivity index (χ1v) is 2.58. The third-order valence-electron chi connectivity index (χ3n) is 0.992. The van der Waals surface area contributed by atoms with Gasteiger partial charge in [-0.3, -0.25) is 4.79 Å². The van der Waals surface area contributed by atoms with Crippen molar-refractivity contribution in [2.75, 3.05) is 0 Å². The van der Waals surface area contributed by atoms with Crippen LogP contribution in [0.4, 0.5) is 8.78 Å². The summed E-state index contributed by atoms with van der Waals surface area (Å²) in [6, 6.07) is 3.07. The standard InChI is InChI=1S/C6H4F2NO/c7-6(8)4-1-2-5(10)9-3-4/h1,3,6H,(H,9,10). The van der Waals surface area contributed by atoms with Crippen molar-refractivity contribution in [1.82, 2.24) is 4.98 Å². The Balaban J connectivity index is 3.00. The van der Waals surface area contributed by atoms with Crippen molar-refractivity contribution in [3.8, 4) is 0 Å². The minimum Gasteiger partial charge on any atom is -0.328 e. The van der Waals surface area contributed by atoms with Crippen molar-refractivity contribution in [3.05, 3.63) is 34.2 Å². The molecule has 2 nitrogen and oxygen atoms in total. The van der Waals surface area contributed by atoms with Crippen molar-refractivity contribution in [2.45, 2.75) is 6.43 Å². The molecule has 0 saturated heterocycles. The van der Waals surface area contributed by atoms with Gasteiger partial charge in [-0.1, -0.05) is 0 Å². The molecule has 1 radical (unpaired) electrons. The van der Waals surface area contributed by atoms with Crippen LogP contribution in [0.5, 0.6) is 0 Å². The fraction of sp³-hybridized carbons (Fsp3) is 0.167. The third kappa shape index (κ3) is 1.40. The highest BCUT2D eigenvalue weighted by Gasteiger charge is 2.04. The maximum Gasteiger partial charge on any atom is 0.265 e. The normalized spacial score (nSPS) is 10.3. The van der Waals surface area contributed by atoms with E-state index in [0.29, 0.717) is 0 Å². The Morgan fingerprint density at radius 1 is 1.60 bits per heavy atom. The molecule has 0 spiro atoms. The average molecular weight is 144 g/mol. The summed E-state index contributed by atoms with van der Waals surface area (Å²) in [4.78, 5) is 12.4. The first-order chi connectivity index (χ1) is 4.70. The molecule has 1 rings (SSSR count). The SMILES string of the molecule is O=c1[c]cc(C(F)F)c[nH]1. The molecule has 0 aliphatic carbocycles. The summed E-state index contributed by atoms with van der Waals surface area (Å²) in [5, 5.41) is 0. The number of pyridine rings is 1. The Hall–Kier alpha value is -1.19. The zero-order valence-corrected chi connectivity index (χ0v) is 4.90. The van der Waals surface area contributed by atoms with Gasteiger partial charge in [0, 0.05) is 11.8 Å². The molecule has 1 N–H and O–H groups in total. The van der Waals surface area contributed by atoms with E-state index in [0.717, 1.165) is 12.3 Å². The molecule has 0 amide bonds. The van der Waals surface area contributed by atoms with Crippen LogP contribution in [-0.2, 0) is 0 Å². The number of alkyl halides is 2. The van der Waals surface area contributed by atoms with Crippen LogP contribution in [-0.4, -0.2) is 4.98 Å². The number of halogens is 2. The molecule has 10 heavy (non-hydrogen) atoms. The quantitative estimate of drug-likeness (QED) is 0.629. The molecule has 1 heterocycles. The minimum absolute atomic E-state index is 0.223. The number of hydrogen-bond acceptors (Lipinski definition) is 1. The molecule has 0 fully saturated rings. The molecular formula is C6H4F2NO. The fourth-order valence-corrected chi connectivity index (χ4v) is 0.507. The fourth-order valence-electron chi connectivity index (χ4n) is 0.507. The van der Waals surface area contributed by atoms with Crippen molar-refractivity contribution < 1.29 is 8.78 Å². The summed E-state index contributed by atoms with van der Waals surface area (Å²) >= 11 is 0. The highest BCUT2D eigenvalue weighted by molar-refractivity contribution is 5.08. The Labute approximate surface area is 55.5 Å². The van der Waals surface area contributed by atoms with Crippen LogP contribution < -0.4 is 5.56 Å². The maximum absolute atomic E-state index is 11.8. The smallest absolute Gasteiger partial charge is 0.265 e. The molecule has 0 saturated carbocycles. The molecule has 0 atom stereocenters. The second-order valence-electron chi connectivity index (χ2n) is 1.71. The second-order valence-corrected chi connectivity index (χ2v) is 1.71. The zero-order chi connectivity index (χ0) is 7.56. The van der Waals surface area contributed by atoms with Crippen LogP contribution in [0.15, 0.2) is 17.1 Å². The van der Waals surface area contributed by atoms with Gasteiger partial charge in [0.25, 0.3) is 12.0 Å². The molecule has 0 unspecified atom stereocenters. The summed E-state index contributed by atoms with van der Waals surface area (Å²) in [5.74, 6) is 0. The van der Waals surface area contributed by atoms with Crippen LogP contribution >= 0.6 is 0 Å². The molecule has 0 aliphatic heterocycles. The van der Waals surface area contributed by atoms with Gasteiger partial charge in [0.15, 0.2) is 0 Å². The van der Waals surface area contributed by atoms with Gasteiger partial charge in [0.05, 0.1) is 6.07 Å². The largest absolute Gasteiger partial charge is 0.328 e. The van der Waals surface area contributed by atoms with Gasteiger partial charge in [0.2, 0.25) is 0 Å². The number of H-pyrrole nitrogens is 1. The van der Waals surface area contributed by atoms with Crippen LogP contribution in [0.2, 0.25) is 0 Å². The Kier molecular flexibility index (Phi) is 1.80. The van der Waals surface area contributed by atoms with Gasteiger partial charge in [-0.05, 0) is 6.07 Å². The Bertz CT molecular complexity index is 248. The highest BCUT2D eigenvalue weighted by atomic mass is 19.3. The lowest BCUT2D eigenvalue weighted by molar-refractivity contribution is 0.151. The number of aromatic amines is 1. The maximum atomic E-state index is 11.8. The van der Waals surface area contributed by atoms with E-state index < -0.39 is 12.0 Å². The van der Waals surface area contributed by atoms with Crippen LogP contribution in [0.25, 0.3) is 0 Å². The van der Waals surface area contributed by atoms with Gasteiger partial charge in [-0.25, -0.2) is 8.78 Å². The molecular weight excluding hydrogens is 140 g/mol. The molecule has 1 aromatic heterocycles. The molecule has 4 heteroatoms. The van der Waals surface area contributed by atoms with E-state index >= 15 is 0 Å². The lowest BCUT2D eigenvalue weighted by Crippen LogP contribution is -2.03. The predicted molar refractivity (Wildman–Crippen MR) is 30.9 cm³/mol. The van der Waals surface area contributed by atoms with Crippen molar-refractivity contribution in [1.29, 1.82) is 0 Å².